The second-order valence-electron chi connectivity index (χ2n) is 18.1. The molecule has 7 aliphatic rings. The number of carbonyl (C=O) groups is 1. The Kier molecular flexibility index (Phi) is 8.18. The number of amides is 1. The van der Waals surface area contributed by atoms with E-state index in [4.69, 9.17) is 4.74 Å². The molecule has 1 spiro atoms. The first-order valence-electron chi connectivity index (χ1n) is 20.6. The molecule has 1 unspecified atom stereocenters. The van der Waals surface area contributed by atoms with Crippen molar-refractivity contribution in [2.75, 3.05) is 55.7 Å². The summed E-state index contributed by atoms with van der Waals surface area (Å²) >= 11 is 0. The fourth-order valence-electron chi connectivity index (χ4n) is 11.8. The number of phenols is 1. The lowest BCUT2D eigenvalue weighted by atomic mass is 9.57. The zero-order valence-electron chi connectivity index (χ0n) is 32.5. The first-order chi connectivity index (χ1) is 26.6. The van der Waals surface area contributed by atoms with Gasteiger partial charge in [0.15, 0.2) is 0 Å². The van der Waals surface area contributed by atoms with Crippen molar-refractivity contribution in [1.82, 2.24) is 15.1 Å². The van der Waals surface area contributed by atoms with E-state index in [1.807, 2.05) is 12.1 Å². The number of benzene rings is 3. The van der Waals surface area contributed by atoms with Crippen LogP contribution in [0, 0.1) is 17.3 Å². The maximum atomic E-state index is 11.9. The van der Waals surface area contributed by atoms with Crippen LogP contribution < -0.4 is 19.9 Å². The van der Waals surface area contributed by atoms with Crippen LogP contribution >= 0.6 is 0 Å². The lowest BCUT2D eigenvalue weighted by Gasteiger charge is -2.61. The zero-order valence-corrected chi connectivity index (χ0v) is 32.5. The summed E-state index contributed by atoms with van der Waals surface area (Å²) in [7, 11) is 0. The number of hydrogen-bond acceptors (Lipinski definition) is 7. The van der Waals surface area contributed by atoms with E-state index < -0.39 is 0 Å². The van der Waals surface area contributed by atoms with Crippen molar-refractivity contribution in [2.45, 2.75) is 76.4 Å². The van der Waals surface area contributed by atoms with Gasteiger partial charge >= 0.3 is 0 Å². The lowest BCUT2D eigenvalue weighted by Crippen LogP contribution is -2.67. The van der Waals surface area contributed by atoms with E-state index in [2.05, 4.69) is 107 Å². The Morgan fingerprint density at radius 2 is 1.82 bits per heavy atom. The molecule has 0 radical (unpaired) electrons. The summed E-state index contributed by atoms with van der Waals surface area (Å²) in [5.41, 5.74) is 11.1. The van der Waals surface area contributed by atoms with E-state index in [0.29, 0.717) is 36.0 Å². The number of ether oxygens (including phenoxy) is 1. The normalized spacial score (nSPS) is 28.6. The molecule has 286 valence electrons. The average molecular weight is 738 g/mol. The molecule has 55 heavy (non-hydrogen) atoms. The second kappa shape index (κ2) is 12.9. The summed E-state index contributed by atoms with van der Waals surface area (Å²) in [4.78, 5) is 22.2. The molecule has 2 aliphatic carbocycles. The van der Waals surface area contributed by atoms with E-state index in [-0.39, 0.29) is 17.5 Å². The number of anilines is 2. The van der Waals surface area contributed by atoms with Gasteiger partial charge in [-0.3, -0.25) is 9.69 Å². The van der Waals surface area contributed by atoms with Crippen LogP contribution in [-0.2, 0) is 17.8 Å². The van der Waals surface area contributed by atoms with Crippen molar-refractivity contribution in [2.24, 2.45) is 17.3 Å². The fraction of sp³-hybridized carbons (Fsp3) is 0.468. The molecule has 10 rings (SSSR count). The van der Waals surface area contributed by atoms with Crippen LogP contribution in [0.4, 0.5) is 11.4 Å². The highest BCUT2D eigenvalue weighted by molar-refractivity contribution is 5.81. The zero-order chi connectivity index (χ0) is 37.6. The number of phenolic OH excluding ortho intramolecular Hbond substituents is 1. The molecule has 4 atom stereocenters. The van der Waals surface area contributed by atoms with Crippen LogP contribution in [0.25, 0.3) is 5.70 Å². The van der Waals surface area contributed by atoms with E-state index in [9.17, 15) is 9.90 Å². The summed E-state index contributed by atoms with van der Waals surface area (Å²) in [5, 5.41) is 13.1. The minimum Gasteiger partial charge on any atom is -0.508 e. The molecule has 3 aromatic carbocycles. The molecule has 4 fully saturated rings. The van der Waals surface area contributed by atoms with Crippen LogP contribution in [0.1, 0.15) is 79.7 Å². The van der Waals surface area contributed by atoms with Gasteiger partial charge in [0.2, 0.25) is 5.91 Å². The maximum Gasteiger partial charge on any atom is 0.224 e. The molecule has 1 saturated carbocycles. The van der Waals surface area contributed by atoms with Crippen LogP contribution in [0.2, 0.25) is 0 Å². The Balaban J connectivity index is 0.743. The molecule has 8 nitrogen and oxygen atoms in total. The maximum absolute atomic E-state index is 11.9. The van der Waals surface area contributed by atoms with Crippen molar-refractivity contribution >= 4 is 23.0 Å². The predicted molar refractivity (Wildman–Crippen MR) is 219 cm³/mol. The van der Waals surface area contributed by atoms with E-state index >= 15 is 0 Å². The van der Waals surface area contributed by atoms with Gasteiger partial charge in [-0.2, -0.15) is 0 Å². The van der Waals surface area contributed by atoms with Crippen molar-refractivity contribution in [3.8, 4) is 11.5 Å². The van der Waals surface area contributed by atoms with Crippen molar-refractivity contribution in [3.63, 3.8) is 0 Å². The third-order valence-corrected chi connectivity index (χ3v) is 14.3. The summed E-state index contributed by atoms with van der Waals surface area (Å²) in [6, 6.07) is 19.9. The van der Waals surface area contributed by atoms with Crippen molar-refractivity contribution in [1.29, 1.82) is 0 Å². The van der Waals surface area contributed by atoms with Gasteiger partial charge in [0.05, 0.1) is 17.3 Å². The molecule has 3 aromatic rings. The smallest absolute Gasteiger partial charge is 0.224 e. The number of piperazine rings is 1. The number of allylic oxidation sites excluding steroid dienone is 2. The first kappa shape index (κ1) is 34.8. The Labute approximate surface area is 326 Å². The number of carbonyl (C=O) groups excluding carboxylic acids is 1. The van der Waals surface area contributed by atoms with Gasteiger partial charge in [-0.25, -0.2) is 0 Å². The van der Waals surface area contributed by atoms with Crippen LogP contribution in [-0.4, -0.2) is 78.3 Å². The Morgan fingerprint density at radius 3 is 2.60 bits per heavy atom. The molecule has 5 aliphatic heterocycles. The minimum absolute atomic E-state index is 0.0519. The lowest BCUT2D eigenvalue weighted by molar-refractivity contribution is -0.121. The average Bonchev–Trinajstić information content (AvgIpc) is 3.47. The highest BCUT2D eigenvalue weighted by Crippen LogP contribution is 2.54. The van der Waals surface area contributed by atoms with Gasteiger partial charge in [0.25, 0.3) is 0 Å². The number of nitrogens with one attached hydrogen (secondary N) is 1. The topological polar surface area (TPSA) is 71.5 Å². The van der Waals surface area contributed by atoms with Gasteiger partial charge in [-0.15, -0.1) is 0 Å². The van der Waals surface area contributed by atoms with Crippen molar-refractivity contribution in [3.05, 3.63) is 113 Å². The monoisotopic (exact) mass is 737 g/mol. The van der Waals surface area contributed by atoms with Gasteiger partial charge < -0.3 is 29.9 Å². The quantitative estimate of drug-likeness (QED) is 0.255. The molecule has 1 amide bonds. The van der Waals surface area contributed by atoms with E-state index in [1.54, 1.807) is 0 Å². The SMILES string of the molecule is C=C1NC(=O)CCC1N1Cc2c(ccc3c2OC[C@@]2(C)CN(CC4CC5(C4)CN(c4ccc([C@@H]6c7ccc(O)cc7CC[C@@H]6/C=C/C)cc4)C5)CCN32)C1=C. The van der Waals surface area contributed by atoms with E-state index in [1.165, 1.54) is 66.1 Å². The Hall–Kier alpha value is -4.69. The highest BCUT2D eigenvalue weighted by Gasteiger charge is 2.53. The third-order valence-electron chi connectivity index (χ3n) is 14.3. The van der Waals surface area contributed by atoms with Crippen LogP contribution in [0.5, 0.6) is 11.5 Å². The molecular formula is C47H55N5O3. The van der Waals surface area contributed by atoms with Gasteiger partial charge in [-0.1, -0.05) is 49.6 Å². The standard InChI is InChI=1S/C47H55N5O3/c1-5-6-33-7-8-35-21-37(53)13-14-39(35)44(33)34-9-11-36(12-10-34)50-27-47(28-50)22-32(23-47)24-49-19-20-52-42-16-15-38-31(3)51(41-17-18-43(54)48-30(41)2)25-40(38)45(42)55-29-46(52,4)26-49/h5-6,9-16,21,32-33,41,44,53H,2-3,7-8,17-20,22-29H2,1,4H3,(H,48,54)/b6-5+/t33-,41?,44+,46+/m0/s1. The number of aromatic hydroxyl groups is 1. The largest absolute Gasteiger partial charge is 0.508 e. The molecule has 0 bridgehead atoms. The highest BCUT2D eigenvalue weighted by atomic mass is 16.5. The number of nitrogens with zero attached hydrogens (tertiary/aromatic N) is 4. The summed E-state index contributed by atoms with van der Waals surface area (Å²) in [5.74, 6) is 3.01. The Bertz CT molecular complexity index is 2090. The van der Waals surface area contributed by atoms with E-state index in [0.717, 1.165) is 74.1 Å². The fourth-order valence-corrected chi connectivity index (χ4v) is 11.8. The number of rotatable bonds is 6. The third kappa shape index (κ3) is 5.77. The second-order valence-corrected chi connectivity index (χ2v) is 18.1. The molecule has 3 saturated heterocycles. The van der Waals surface area contributed by atoms with Gasteiger partial charge in [0.1, 0.15) is 18.1 Å². The summed E-state index contributed by atoms with van der Waals surface area (Å²) < 4.78 is 6.71. The molecular weight excluding hydrogens is 683 g/mol. The van der Waals surface area contributed by atoms with Gasteiger partial charge in [-0.05, 0) is 105 Å². The number of aryl methyl sites for hydroxylation is 1. The number of hydrogen-bond donors (Lipinski definition) is 2. The number of fused-ring (bicyclic) bond motifs is 6. The van der Waals surface area contributed by atoms with Crippen molar-refractivity contribution < 1.29 is 14.6 Å². The Morgan fingerprint density at radius 1 is 1.00 bits per heavy atom. The predicted octanol–water partition coefficient (Wildman–Crippen LogP) is 7.43. The van der Waals surface area contributed by atoms with Crippen LogP contribution in [0.15, 0.2) is 85.6 Å². The number of piperidine rings is 1. The molecule has 5 heterocycles. The molecule has 8 heteroatoms. The minimum atomic E-state index is -0.0636. The van der Waals surface area contributed by atoms with Crippen LogP contribution in [0.3, 0.4) is 0 Å². The molecule has 0 aromatic heterocycles. The summed E-state index contributed by atoms with van der Waals surface area (Å²) in [6.45, 7) is 21.2. The molecule has 2 N–H and O–H groups in total. The summed E-state index contributed by atoms with van der Waals surface area (Å²) in [6.07, 6.45) is 10.6. The first-order valence-corrected chi connectivity index (χ1v) is 20.6. The van der Waals surface area contributed by atoms with Gasteiger partial charge in [0, 0.05) is 91.8 Å².